The zero-order valence-corrected chi connectivity index (χ0v) is 17.6. The molecule has 4 rings (SSSR count). The number of hydrogen-bond acceptors (Lipinski definition) is 6. The van der Waals surface area contributed by atoms with Gasteiger partial charge in [-0.3, -0.25) is 9.59 Å². The molecule has 9 heteroatoms. The standard InChI is InChI=1S/C21H22N6O2S/c1-3-22-19(28)14-4-8-16(9-5-14)27-17(12-13(2)21-23-10-11-30-21)18(25-26-27)20(29)24-15-6-7-15/h4-5,8-12,15H,3,6-7H2,1-2H3,(H,22,28)(H,24,29)/b13-12-. The molecule has 2 amide bonds. The quantitative estimate of drug-likeness (QED) is 0.610. The lowest BCUT2D eigenvalue weighted by Crippen LogP contribution is -2.26. The Morgan fingerprint density at radius 1 is 1.23 bits per heavy atom. The van der Waals surface area contributed by atoms with Crippen LogP contribution in [-0.4, -0.2) is 44.4 Å². The van der Waals surface area contributed by atoms with Gasteiger partial charge in [0, 0.05) is 29.7 Å². The lowest BCUT2D eigenvalue weighted by molar-refractivity contribution is 0.0941. The Labute approximate surface area is 178 Å². The third-order valence-electron chi connectivity index (χ3n) is 4.67. The van der Waals surface area contributed by atoms with E-state index in [1.165, 1.54) is 11.3 Å². The smallest absolute Gasteiger partial charge is 0.274 e. The van der Waals surface area contributed by atoms with Gasteiger partial charge < -0.3 is 10.6 Å². The first-order valence-electron chi connectivity index (χ1n) is 9.80. The van der Waals surface area contributed by atoms with Gasteiger partial charge in [0.2, 0.25) is 0 Å². The van der Waals surface area contributed by atoms with E-state index in [1.54, 1.807) is 35.1 Å². The van der Waals surface area contributed by atoms with Gasteiger partial charge in [-0.05, 0) is 62.6 Å². The van der Waals surface area contributed by atoms with Crippen molar-refractivity contribution in [2.75, 3.05) is 6.54 Å². The van der Waals surface area contributed by atoms with E-state index in [2.05, 4.69) is 25.9 Å². The zero-order chi connectivity index (χ0) is 21.1. The van der Waals surface area contributed by atoms with Crippen LogP contribution in [0.4, 0.5) is 0 Å². The maximum atomic E-state index is 12.7. The molecule has 0 bridgehead atoms. The molecule has 3 aromatic rings. The van der Waals surface area contributed by atoms with E-state index in [9.17, 15) is 9.59 Å². The molecule has 30 heavy (non-hydrogen) atoms. The summed E-state index contributed by atoms with van der Waals surface area (Å²) in [5, 5.41) is 16.9. The second-order valence-corrected chi connectivity index (χ2v) is 7.95. The molecule has 1 aromatic carbocycles. The number of rotatable bonds is 7. The van der Waals surface area contributed by atoms with E-state index >= 15 is 0 Å². The van der Waals surface area contributed by atoms with Crippen LogP contribution in [0.3, 0.4) is 0 Å². The van der Waals surface area contributed by atoms with Crippen LogP contribution in [0.25, 0.3) is 17.3 Å². The molecule has 0 saturated heterocycles. The fourth-order valence-electron chi connectivity index (χ4n) is 2.95. The molecule has 0 aliphatic heterocycles. The summed E-state index contributed by atoms with van der Waals surface area (Å²) < 4.78 is 1.61. The molecule has 0 unspecified atom stereocenters. The minimum atomic E-state index is -0.235. The number of nitrogens with zero attached hydrogens (tertiary/aromatic N) is 4. The molecule has 2 heterocycles. The normalized spacial score (nSPS) is 13.9. The first-order valence-corrected chi connectivity index (χ1v) is 10.7. The number of benzene rings is 1. The summed E-state index contributed by atoms with van der Waals surface area (Å²) in [6, 6.07) is 7.26. The van der Waals surface area contributed by atoms with Crippen molar-refractivity contribution < 1.29 is 9.59 Å². The molecule has 154 valence electrons. The van der Waals surface area contributed by atoms with Gasteiger partial charge in [0.25, 0.3) is 11.8 Å². The predicted molar refractivity (Wildman–Crippen MR) is 116 cm³/mol. The van der Waals surface area contributed by atoms with Gasteiger partial charge in [-0.25, -0.2) is 9.67 Å². The van der Waals surface area contributed by atoms with Crippen molar-refractivity contribution >= 4 is 34.8 Å². The van der Waals surface area contributed by atoms with E-state index in [-0.39, 0.29) is 23.6 Å². The van der Waals surface area contributed by atoms with Gasteiger partial charge in [-0.1, -0.05) is 5.21 Å². The number of nitrogens with one attached hydrogen (secondary N) is 2. The fraction of sp³-hybridized carbons (Fsp3) is 0.286. The van der Waals surface area contributed by atoms with Gasteiger partial charge in [0.05, 0.1) is 5.69 Å². The molecular formula is C21H22N6O2S. The van der Waals surface area contributed by atoms with Crippen LogP contribution < -0.4 is 10.6 Å². The first-order chi connectivity index (χ1) is 14.6. The summed E-state index contributed by atoms with van der Waals surface area (Å²) in [7, 11) is 0. The fourth-order valence-corrected chi connectivity index (χ4v) is 3.57. The van der Waals surface area contributed by atoms with Gasteiger partial charge in [-0.2, -0.15) is 0 Å². The molecule has 1 aliphatic rings. The van der Waals surface area contributed by atoms with Crippen molar-refractivity contribution in [3.8, 4) is 5.69 Å². The highest BCUT2D eigenvalue weighted by Gasteiger charge is 2.27. The zero-order valence-electron chi connectivity index (χ0n) is 16.8. The van der Waals surface area contributed by atoms with Crippen LogP contribution in [0.5, 0.6) is 0 Å². The molecule has 0 radical (unpaired) electrons. The van der Waals surface area contributed by atoms with Crippen molar-refractivity contribution in [1.29, 1.82) is 0 Å². The van der Waals surface area contributed by atoms with Crippen LogP contribution in [0.15, 0.2) is 35.8 Å². The largest absolute Gasteiger partial charge is 0.352 e. The molecule has 1 fully saturated rings. The molecule has 1 aliphatic carbocycles. The monoisotopic (exact) mass is 422 g/mol. The highest BCUT2D eigenvalue weighted by molar-refractivity contribution is 7.10. The molecule has 1 saturated carbocycles. The Kier molecular flexibility index (Phi) is 5.71. The second-order valence-electron chi connectivity index (χ2n) is 7.05. The Balaban J connectivity index is 1.72. The number of carbonyl (C=O) groups excluding carboxylic acids is 2. The van der Waals surface area contributed by atoms with Gasteiger partial charge in [-0.15, -0.1) is 16.4 Å². The Bertz CT molecular complexity index is 1080. The van der Waals surface area contributed by atoms with Gasteiger partial charge in [0.1, 0.15) is 10.7 Å². The number of hydrogen-bond donors (Lipinski definition) is 2. The van der Waals surface area contributed by atoms with Gasteiger partial charge >= 0.3 is 0 Å². The van der Waals surface area contributed by atoms with Crippen molar-refractivity contribution in [2.24, 2.45) is 0 Å². The predicted octanol–water partition coefficient (Wildman–Crippen LogP) is 2.93. The maximum absolute atomic E-state index is 12.7. The molecule has 0 spiro atoms. The minimum absolute atomic E-state index is 0.133. The second kappa shape index (κ2) is 8.58. The van der Waals surface area contributed by atoms with Crippen LogP contribution >= 0.6 is 11.3 Å². The van der Waals surface area contributed by atoms with E-state index in [0.29, 0.717) is 23.5 Å². The third kappa shape index (κ3) is 4.30. The summed E-state index contributed by atoms with van der Waals surface area (Å²) in [5.41, 5.74) is 3.02. The van der Waals surface area contributed by atoms with Crippen LogP contribution in [-0.2, 0) is 0 Å². The number of aromatic nitrogens is 4. The maximum Gasteiger partial charge on any atom is 0.274 e. The highest BCUT2D eigenvalue weighted by atomic mass is 32.1. The Morgan fingerprint density at radius 3 is 2.63 bits per heavy atom. The van der Waals surface area contributed by atoms with Crippen LogP contribution in [0.1, 0.15) is 58.2 Å². The Morgan fingerprint density at radius 2 is 2.00 bits per heavy atom. The lowest BCUT2D eigenvalue weighted by atomic mass is 10.1. The molecule has 0 atom stereocenters. The summed E-state index contributed by atoms with van der Waals surface area (Å²) in [5.74, 6) is -0.368. The topological polar surface area (TPSA) is 102 Å². The summed E-state index contributed by atoms with van der Waals surface area (Å²) in [6.07, 6.45) is 5.60. The van der Waals surface area contributed by atoms with Crippen LogP contribution in [0, 0.1) is 0 Å². The molecule has 2 N–H and O–H groups in total. The van der Waals surface area contributed by atoms with E-state index in [1.807, 2.05) is 25.3 Å². The van der Waals surface area contributed by atoms with Gasteiger partial charge in [0.15, 0.2) is 5.69 Å². The molecule has 2 aromatic heterocycles. The SMILES string of the molecule is CCNC(=O)c1ccc(-n2nnc(C(=O)NC3CC3)c2/C=C(/C)c2nccs2)cc1. The van der Waals surface area contributed by atoms with Crippen molar-refractivity contribution in [3.63, 3.8) is 0 Å². The lowest BCUT2D eigenvalue weighted by Gasteiger charge is -2.08. The number of allylic oxidation sites excluding steroid dienone is 1. The molecular weight excluding hydrogens is 400 g/mol. The van der Waals surface area contributed by atoms with E-state index in [4.69, 9.17) is 0 Å². The van der Waals surface area contributed by atoms with Crippen molar-refractivity contribution in [3.05, 3.63) is 57.8 Å². The minimum Gasteiger partial charge on any atom is -0.352 e. The summed E-state index contributed by atoms with van der Waals surface area (Å²) >= 11 is 1.52. The summed E-state index contributed by atoms with van der Waals surface area (Å²) in [6.45, 7) is 4.38. The highest BCUT2D eigenvalue weighted by Crippen LogP contribution is 2.24. The van der Waals surface area contributed by atoms with E-state index in [0.717, 1.165) is 23.4 Å². The van der Waals surface area contributed by atoms with Crippen molar-refractivity contribution in [1.82, 2.24) is 30.6 Å². The third-order valence-corrected chi connectivity index (χ3v) is 5.58. The average molecular weight is 423 g/mol. The number of thiazole rings is 1. The number of carbonyl (C=O) groups is 2. The number of amides is 2. The molecule has 8 nitrogen and oxygen atoms in total. The van der Waals surface area contributed by atoms with Crippen molar-refractivity contribution in [2.45, 2.75) is 32.7 Å². The van der Waals surface area contributed by atoms with E-state index < -0.39 is 0 Å². The Hall–Kier alpha value is -3.33. The summed E-state index contributed by atoms with van der Waals surface area (Å²) in [4.78, 5) is 29.1. The average Bonchev–Trinajstić information content (AvgIpc) is 3.22. The van der Waals surface area contributed by atoms with Crippen LogP contribution in [0.2, 0.25) is 0 Å². The first kappa shape index (κ1) is 20.0.